The third kappa shape index (κ3) is 4.65. The number of carbonyl (C=O) groups is 1. The van der Waals surface area contributed by atoms with Gasteiger partial charge < -0.3 is 9.47 Å². The average Bonchev–Trinajstić information content (AvgIpc) is 2.74. The number of benzene rings is 3. The standard InChI is InChI=1S/C22H19N3O3/c1-2-27-21-12-9-17-5-3-4-6-19(17)20(21)14-24-25-22(26)15-28-18-10-7-16(13-23)8-11-18/h3-12,14H,2,15H2,1H3,(H,25,26)/b24-14-. The molecule has 0 unspecified atom stereocenters. The summed E-state index contributed by atoms with van der Waals surface area (Å²) in [5.41, 5.74) is 3.78. The molecule has 0 heterocycles. The minimum atomic E-state index is -0.390. The fraction of sp³-hybridized carbons (Fsp3) is 0.136. The maximum absolute atomic E-state index is 12.0. The summed E-state index contributed by atoms with van der Waals surface area (Å²) in [5, 5.41) is 14.9. The molecule has 6 heteroatoms. The molecule has 0 fully saturated rings. The van der Waals surface area contributed by atoms with Gasteiger partial charge in [-0.15, -0.1) is 0 Å². The van der Waals surface area contributed by atoms with Crippen LogP contribution in [0.25, 0.3) is 10.8 Å². The van der Waals surface area contributed by atoms with Crippen molar-refractivity contribution >= 4 is 22.9 Å². The van der Waals surface area contributed by atoms with Gasteiger partial charge in [-0.05, 0) is 48.0 Å². The van der Waals surface area contributed by atoms with Crippen LogP contribution in [0.2, 0.25) is 0 Å². The first kappa shape index (κ1) is 18.9. The molecule has 0 saturated heterocycles. The summed E-state index contributed by atoms with van der Waals surface area (Å²) < 4.78 is 11.1. The lowest BCUT2D eigenvalue weighted by atomic mass is 10.0. The van der Waals surface area contributed by atoms with E-state index >= 15 is 0 Å². The second kappa shape index (κ2) is 9.19. The minimum Gasteiger partial charge on any atom is -0.493 e. The molecule has 1 amide bonds. The first-order chi connectivity index (χ1) is 13.7. The van der Waals surface area contributed by atoms with Crippen LogP contribution in [0.1, 0.15) is 18.1 Å². The van der Waals surface area contributed by atoms with Gasteiger partial charge in [-0.25, -0.2) is 5.43 Å². The van der Waals surface area contributed by atoms with Crippen LogP contribution in [0.5, 0.6) is 11.5 Å². The van der Waals surface area contributed by atoms with Crippen LogP contribution in [-0.2, 0) is 4.79 Å². The van der Waals surface area contributed by atoms with Crippen LogP contribution in [-0.4, -0.2) is 25.3 Å². The van der Waals surface area contributed by atoms with E-state index in [4.69, 9.17) is 14.7 Å². The van der Waals surface area contributed by atoms with Crippen molar-refractivity contribution in [1.29, 1.82) is 5.26 Å². The lowest BCUT2D eigenvalue weighted by Crippen LogP contribution is -2.24. The Morgan fingerprint density at radius 3 is 2.64 bits per heavy atom. The molecule has 3 aromatic carbocycles. The highest BCUT2D eigenvalue weighted by Crippen LogP contribution is 2.26. The Morgan fingerprint density at radius 2 is 1.89 bits per heavy atom. The average molecular weight is 373 g/mol. The molecule has 0 aromatic heterocycles. The van der Waals surface area contributed by atoms with E-state index in [0.29, 0.717) is 23.7 Å². The predicted octanol–water partition coefficient (Wildman–Crippen LogP) is 3.64. The highest BCUT2D eigenvalue weighted by Gasteiger charge is 2.07. The molecular weight excluding hydrogens is 354 g/mol. The summed E-state index contributed by atoms with van der Waals surface area (Å²) in [6.45, 7) is 2.26. The molecule has 140 valence electrons. The Morgan fingerprint density at radius 1 is 1.11 bits per heavy atom. The minimum absolute atomic E-state index is 0.183. The molecule has 28 heavy (non-hydrogen) atoms. The van der Waals surface area contributed by atoms with Crippen molar-refractivity contribution in [3.8, 4) is 17.6 Å². The van der Waals surface area contributed by atoms with E-state index < -0.39 is 0 Å². The number of fused-ring (bicyclic) bond motifs is 1. The number of carbonyl (C=O) groups excluding carboxylic acids is 1. The Bertz CT molecular complexity index is 1040. The summed E-state index contributed by atoms with van der Waals surface area (Å²) >= 11 is 0. The fourth-order valence-corrected chi connectivity index (χ4v) is 2.67. The number of amides is 1. The maximum Gasteiger partial charge on any atom is 0.277 e. The largest absolute Gasteiger partial charge is 0.493 e. The van der Waals surface area contributed by atoms with E-state index in [1.54, 1.807) is 30.5 Å². The number of nitriles is 1. The number of nitrogens with one attached hydrogen (secondary N) is 1. The lowest BCUT2D eigenvalue weighted by molar-refractivity contribution is -0.123. The van der Waals surface area contributed by atoms with Gasteiger partial charge in [-0.1, -0.05) is 30.3 Å². The van der Waals surface area contributed by atoms with Crippen molar-refractivity contribution in [2.45, 2.75) is 6.92 Å². The van der Waals surface area contributed by atoms with Gasteiger partial charge in [-0.3, -0.25) is 4.79 Å². The van der Waals surface area contributed by atoms with Crippen LogP contribution in [0, 0.1) is 11.3 Å². The third-order valence-electron chi connectivity index (χ3n) is 3.97. The van der Waals surface area contributed by atoms with E-state index in [2.05, 4.69) is 10.5 Å². The molecule has 0 atom stereocenters. The van der Waals surface area contributed by atoms with Gasteiger partial charge >= 0.3 is 0 Å². The maximum atomic E-state index is 12.0. The monoisotopic (exact) mass is 373 g/mol. The van der Waals surface area contributed by atoms with Gasteiger partial charge in [0.05, 0.1) is 24.5 Å². The summed E-state index contributed by atoms with van der Waals surface area (Å²) in [6, 6.07) is 20.3. The lowest BCUT2D eigenvalue weighted by Gasteiger charge is -2.10. The van der Waals surface area contributed by atoms with Gasteiger partial charge in [0, 0.05) is 5.56 Å². The molecule has 0 aliphatic heterocycles. The first-order valence-corrected chi connectivity index (χ1v) is 8.80. The van der Waals surface area contributed by atoms with Crippen LogP contribution in [0.15, 0.2) is 65.8 Å². The van der Waals surface area contributed by atoms with Gasteiger partial charge in [0.25, 0.3) is 5.91 Å². The Balaban J connectivity index is 1.65. The number of hydrogen-bond donors (Lipinski definition) is 1. The van der Waals surface area contributed by atoms with E-state index in [-0.39, 0.29) is 12.5 Å². The quantitative estimate of drug-likeness (QED) is 0.506. The van der Waals surface area contributed by atoms with Crippen molar-refractivity contribution in [3.05, 3.63) is 71.8 Å². The number of ether oxygens (including phenoxy) is 2. The van der Waals surface area contributed by atoms with Crippen molar-refractivity contribution < 1.29 is 14.3 Å². The molecule has 0 radical (unpaired) electrons. The molecule has 1 N–H and O–H groups in total. The molecule has 3 rings (SSSR count). The molecular formula is C22H19N3O3. The van der Waals surface area contributed by atoms with Crippen LogP contribution in [0.4, 0.5) is 0 Å². The molecule has 6 nitrogen and oxygen atoms in total. The molecule has 0 bridgehead atoms. The smallest absolute Gasteiger partial charge is 0.277 e. The van der Waals surface area contributed by atoms with E-state index in [9.17, 15) is 4.79 Å². The first-order valence-electron chi connectivity index (χ1n) is 8.80. The fourth-order valence-electron chi connectivity index (χ4n) is 2.67. The van der Waals surface area contributed by atoms with Crippen molar-refractivity contribution in [3.63, 3.8) is 0 Å². The second-order valence-corrected chi connectivity index (χ2v) is 5.85. The van der Waals surface area contributed by atoms with Crippen LogP contribution >= 0.6 is 0 Å². The van der Waals surface area contributed by atoms with Crippen molar-refractivity contribution in [2.75, 3.05) is 13.2 Å². The zero-order chi connectivity index (χ0) is 19.8. The Kier molecular flexibility index (Phi) is 6.21. The molecule has 0 aliphatic rings. The van der Waals surface area contributed by atoms with E-state index in [0.717, 1.165) is 16.3 Å². The third-order valence-corrected chi connectivity index (χ3v) is 3.97. The summed E-state index contributed by atoms with van der Waals surface area (Å²) in [4.78, 5) is 12.0. The highest BCUT2D eigenvalue weighted by atomic mass is 16.5. The van der Waals surface area contributed by atoms with Gasteiger partial charge in [-0.2, -0.15) is 10.4 Å². The van der Waals surface area contributed by atoms with Gasteiger partial charge in [0.1, 0.15) is 11.5 Å². The SMILES string of the molecule is CCOc1ccc2ccccc2c1/C=N\NC(=O)COc1ccc(C#N)cc1. The molecule has 0 saturated carbocycles. The van der Waals surface area contributed by atoms with Gasteiger partial charge in [0.15, 0.2) is 6.61 Å². The predicted molar refractivity (Wildman–Crippen MR) is 108 cm³/mol. The Hall–Kier alpha value is -3.85. The normalized spacial score (nSPS) is 10.6. The summed E-state index contributed by atoms with van der Waals surface area (Å²) in [6.07, 6.45) is 1.58. The van der Waals surface area contributed by atoms with Crippen LogP contribution in [0.3, 0.4) is 0 Å². The van der Waals surface area contributed by atoms with Crippen LogP contribution < -0.4 is 14.9 Å². The highest BCUT2D eigenvalue weighted by molar-refractivity contribution is 6.02. The van der Waals surface area contributed by atoms with Crippen molar-refractivity contribution in [1.82, 2.24) is 5.43 Å². The molecule has 3 aromatic rings. The summed E-state index contributed by atoms with van der Waals surface area (Å²) in [5.74, 6) is 0.817. The van der Waals surface area contributed by atoms with E-state index in [1.165, 1.54) is 0 Å². The number of hydrazone groups is 1. The Labute approximate surface area is 163 Å². The zero-order valence-electron chi connectivity index (χ0n) is 15.4. The number of nitrogens with zero attached hydrogens (tertiary/aromatic N) is 2. The number of rotatable bonds is 7. The van der Waals surface area contributed by atoms with E-state index in [1.807, 2.05) is 49.4 Å². The topological polar surface area (TPSA) is 83.7 Å². The van der Waals surface area contributed by atoms with Gasteiger partial charge in [0.2, 0.25) is 0 Å². The molecule has 0 aliphatic carbocycles. The second-order valence-electron chi connectivity index (χ2n) is 5.85. The summed E-state index contributed by atoms with van der Waals surface area (Å²) in [7, 11) is 0. The number of hydrogen-bond acceptors (Lipinski definition) is 5. The molecule has 0 spiro atoms. The van der Waals surface area contributed by atoms with Crippen molar-refractivity contribution in [2.24, 2.45) is 5.10 Å². The zero-order valence-corrected chi connectivity index (χ0v) is 15.4.